The van der Waals surface area contributed by atoms with Gasteiger partial charge in [-0.3, -0.25) is 4.79 Å². The van der Waals surface area contributed by atoms with Crippen LogP contribution in [0.3, 0.4) is 0 Å². The zero-order chi connectivity index (χ0) is 18.4. The van der Waals surface area contributed by atoms with Crippen LogP contribution in [0.25, 0.3) is 0 Å². The summed E-state index contributed by atoms with van der Waals surface area (Å²) < 4.78 is 0. The van der Waals surface area contributed by atoms with Crippen LogP contribution in [0.2, 0.25) is 0 Å². The van der Waals surface area contributed by atoms with Gasteiger partial charge >= 0.3 is 0 Å². The lowest BCUT2D eigenvalue weighted by Crippen LogP contribution is -2.31. The zero-order valence-corrected chi connectivity index (χ0v) is 15.6. The lowest BCUT2D eigenvalue weighted by atomic mass is 9.86. The van der Waals surface area contributed by atoms with Gasteiger partial charge in [-0.1, -0.05) is 39.0 Å². The molecule has 1 aromatic carbocycles. The average Bonchev–Trinajstić information content (AvgIpc) is 2.54. The standard InChI is InChI=1S/C19H27N5O/c1-19(2,3)14-8-6-7-9-15(14)23-17-12-16(21-13-22-17)18(25)20-10-11-24(4)5/h6-9,12-13H,10-11H2,1-5H3,(H,20,25)(H,21,22,23). The molecule has 2 N–H and O–H groups in total. The number of amides is 1. The van der Waals surface area contributed by atoms with Crippen molar-refractivity contribution < 1.29 is 4.79 Å². The van der Waals surface area contributed by atoms with Gasteiger partial charge < -0.3 is 15.5 Å². The average molecular weight is 341 g/mol. The number of anilines is 2. The van der Waals surface area contributed by atoms with Crippen molar-refractivity contribution in [2.24, 2.45) is 0 Å². The van der Waals surface area contributed by atoms with Gasteiger partial charge in [0.15, 0.2) is 0 Å². The smallest absolute Gasteiger partial charge is 0.270 e. The van der Waals surface area contributed by atoms with Crippen LogP contribution in [0.5, 0.6) is 0 Å². The van der Waals surface area contributed by atoms with Gasteiger partial charge in [0, 0.05) is 24.8 Å². The molecule has 0 aliphatic carbocycles. The Bertz CT molecular complexity index is 722. The highest BCUT2D eigenvalue weighted by Gasteiger charge is 2.18. The molecular formula is C19H27N5O. The molecule has 0 radical (unpaired) electrons. The number of carbonyl (C=O) groups is 1. The summed E-state index contributed by atoms with van der Waals surface area (Å²) in [7, 11) is 3.93. The number of nitrogens with one attached hydrogen (secondary N) is 2. The lowest BCUT2D eigenvalue weighted by molar-refractivity contribution is 0.0946. The molecule has 0 fully saturated rings. The summed E-state index contributed by atoms with van der Waals surface area (Å²) in [6.45, 7) is 7.84. The third-order valence-corrected chi connectivity index (χ3v) is 3.74. The van der Waals surface area contributed by atoms with Crippen LogP contribution in [-0.4, -0.2) is 48.0 Å². The summed E-state index contributed by atoms with van der Waals surface area (Å²) in [4.78, 5) is 22.5. The highest BCUT2D eigenvalue weighted by molar-refractivity contribution is 5.93. The van der Waals surface area contributed by atoms with Gasteiger partial charge in [0.05, 0.1) is 0 Å². The number of carbonyl (C=O) groups excluding carboxylic acids is 1. The van der Waals surface area contributed by atoms with E-state index in [0.717, 1.165) is 12.2 Å². The molecule has 1 heterocycles. The number of aromatic nitrogens is 2. The third kappa shape index (κ3) is 5.53. The second-order valence-corrected chi connectivity index (χ2v) is 7.27. The number of para-hydroxylation sites is 1. The molecule has 134 valence electrons. The van der Waals surface area contributed by atoms with E-state index in [4.69, 9.17) is 0 Å². The summed E-state index contributed by atoms with van der Waals surface area (Å²) in [5.74, 6) is 0.404. The van der Waals surface area contributed by atoms with Gasteiger partial charge in [-0.2, -0.15) is 0 Å². The summed E-state index contributed by atoms with van der Waals surface area (Å²) in [5, 5.41) is 6.17. The number of nitrogens with zero attached hydrogens (tertiary/aromatic N) is 3. The Kier molecular flexibility index (Phi) is 6.09. The second-order valence-electron chi connectivity index (χ2n) is 7.27. The molecule has 2 rings (SSSR count). The third-order valence-electron chi connectivity index (χ3n) is 3.74. The first-order chi connectivity index (χ1) is 11.8. The van der Waals surface area contributed by atoms with Crippen LogP contribution in [0, 0.1) is 0 Å². The van der Waals surface area contributed by atoms with E-state index in [0.29, 0.717) is 18.1 Å². The van der Waals surface area contributed by atoms with Crippen LogP contribution >= 0.6 is 0 Å². The Balaban J connectivity index is 2.14. The van der Waals surface area contributed by atoms with Gasteiger partial charge in [0.25, 0.3) is 5.91 Å². The van der Waals surface area contributed by atoms with E-state index >= 15 is 0 Å². The van der Waals surface area contributed by atoms with Crippen LogP contribution in [0.15, 0.2) is 36.7 Å². The Morgan fingerprint density at radius 3 is 2.56 bits per heavy atom. The van der Waals surface area contributed by atoms with Gasteiger partial charge in [0.1, 0.15) is 17.8 Å². The van der Waals surface area contributed by atoms with Crippen molar-refractivity contribution in [3.8, 4) is 0 Å². The predicted molar refractivity (Wildman–Crippen MR) is 101 cm³/mol. The molecule has 0 aliphatic heterocycles. The number of benzene rings is 1. The van der Waals surface area contributed by atoms with Crippen molar-refractivity contribution in [1.29, 1.82) is 0 Å². The SMILES string of the molecule is CN(C)CCNC(=O)c1cc(Nc2ccccc2C(C)(C)C)ncn1. The quantitative estimate of drug-likeness (QED) is 0.845. The molecule has 0 unspecified atom stereocenters. The Morgan fingerprint density at radius 2 is 1.88 bits per heavy atom. The predicted octanol–water partition coefficient (Wildman–Crippen LogP) is 2.81. The van der Waals surface area contributed by atoms with Gasteiger partial charge in [-0.15, -0.1) is 0 Å². The normalized spacial score (nSPS) is 11.4. The van der Waals surface area contributed by atoms with Crippen molar-refractivity contribution in [3.63, 3.8) is 0 Å². The molecule has 2 aromatic rings. The van der Waals surface area contributed by atoms with E-state index in [1.165, 1.54) is 11.9 Å². The van der Waals surface area contributed by atoms with Gasteiger partial charge in [0.2, 0.25) is 0 Å². The topological polar surface area (TPSA) is 70.2 Å². The van der Waals surface area contributed by atoms with Crippen LogP contribution in [0.1, 0.15) is 36.8 Å². The molecule has 6 nitrogen and oxygen atoms in total. The minimum atomic E-state index is -0.198. The molecule has 6 heteroatoms. The largest absolute Gasteiger partial charge is 0.349 e. The maximum Gasteiger partial charge on any atom is 0.270 e. The lowest BCUT2D eigenvalue weighted by Gasteiger charge is -2.23. The molecule has 25 heavy (non-hydrogen) atoms. The summed E-state index contributed by atoms with van der Waals surface area (Å²) in [6.07, 6.45) is 1.41. The summed E-state index contributed by atoms with van der Waals surface area (Å²) >= 11 is 0. The van der Waals surface area contributed by atoms with Gasteiger partial charge in [-0.25, -0.2) is 9.97 Å². The van der Waals surface area contributed by atoms with Crippen molar-refractivity contribution >= 4 is 17.4 Å². The molecule has 1 amide bonds. The number of rotatable bonds is 6. The maximum absolute atomic E-state index is 12.2. The molecule has 0 saturated heterocycles. The van der Waals surface area contributed by atoms with E-state index in [-0.39, 0.29) is 11.3 Å². The van der Waals surface area contributed by atoms with Crippen molar-refractivity contribution in [3.05, 3.63) is 47.9 Å². The van der Waals surface area contributed by atoms with Crippen molar-refractivity contribution in [2.45, 2.75) is 26.2 Å². The monoisotopic (exact) mass is 341 g/mol. The minimum Gasteiger partial charge on any atom is -0.349 e. The summed E-state index contributed by atoms with van der Waals surface area (Å²) in [6, 6.07) is 9.78. The molecule has 1 aromatic heterocycles. The minimum absolute atomic E-state index is 0.00298. The molecule has 0 aliphatic rings. The second kappa shape index (κ2) is 8.07. The molecule has 0 atom stereocenters. The highest BCUT2D eigenvalue weighted by atomic mass is 16.1. The molecule has 0 saturated carbocycles. The Morgan fingerprint density at radius 1 is 1.16 bits per heavy atom. The fraction of sp³-hybridized carbons (Fsp3) is 0.421. The fourth-order valence-electron chi connectivity index (χ4n) is 2.42. The zero-order valence-electron chi connectivity index (χ0n) is 15.6. The summed E-state index contributed by atoms with van der Waals surface area (Å²) in [5.41, 5.74) is 2.52. The van der Waals surface area contributed by atoms with E-state index in [1.807, 2.05) is 37.2 Å². The molecular weight excluding hydrogens is 314 g/mol. The number of hydrogen-bond donors (Lipinski definition) is 2. The molecule has 0 bridgehead atoms. The Hall–Kier alpha value is -2.47. The molecule has 0 spiro atoms. The van der Waals surface area contributed by atoms with E-state index in [1.54, 1.807) is 6.07 Å². The highest BCUT2D eigenvalue weighted by Crippen LogP contribution is 2.30. The van der Waals surface area contributed by atoms with E-state index in [2.05, 4.69) is 47.4 Å². The van der Waals surface area contributed by atoms with Crippen LogP contribution in [-0.2, 0) is 5.41 Å². The van der Waals surface area contributed by atoms with Gasteiger partial charge in [-0.05, 0) is 31.1 Å². The fourth-order valence-corrected chi connectivity index (χ4v) is 2.42. The van der Waals surface area contributed by atoms with Crippen molar-refractivity contribution in [1.82, 2.24) is 20.2 Å². The van der Waals surface area contributed by atoms with E-state index in [9.17, 15) is 4.79 Å². The first-order valence-electron chi connectivity index (χ1n) is 8.39. The van der Waals surface area contributed by atoms with E-state index < -0.39 is 0 Å². The van der Waals surface area contributed by atoms with Crippen LogP contribution in [0.4, 0.5) is 11.5 Å². The maximum atomic E-state index is 12.2. The first-order valence-corrected chi connectivity index (χ1v) is 8.39. The Labute approximate surface area is 149 Å². The number of hydrogen-bond acceptors (Lipinski definition) is 5. The number of likely N-dealkylation sites (N-methyl/N-ethyl adjacent to an activating group) is 1. The first kappa shape index (κ1) is 18.9. The van der Waals surface area contributed by atoms with Crippen LogP contribution < -0.4 is 10.6 Å². The van der Waals surface area contributed by atoms with Crippen molar-refractivity contribution in [2.75, 3.05) is 32.5 Å².